The minimum Gasteiger partial charge on any atom is -0.467 e. The van der Waals surface area contributed by atoms with E-state index in [9.17, 15) is 4.79 Å². The highest BCUT2D eigenvalue weighted by atomic mass is 16.3. The molecule has 184 valence electrons. The summed E-state index contributed by atoms with van der Waals surface area (Å²) in [7, 11) is 0. The molecule has 8 nitrogen and oxygen atoms in total. The van der Waals surface area contributed by atoms with Crippen molar-refractivity contribution in [3.8, 4) is 0 Å². The molecule has 1 aromatic carbocycles. The van der Waals surface area contributed by atoms with Crippen LogP contribution in [0.5, 0.6) is 0 Å². The van der Waals surface area contributed by atoms with Crippen LogP contribution in [0.25, 0.3) is 10.9 Å². The number of pyridine rings is 1. The zero-order valence-corrected chi connectivity index (χ0v) is 20.8. The first-order valence-corrected chi connectivity index (χ1v) is 12.7. The first-order chi connectivity index (χ1) is 17.0. The molecular formula is C27H34N6O2. The van der Waals surface area contributed by atoms with Crippen LogP contribution in [0, 0.1) is 13.8 Å². The van der Waals surface area contributed by atoms with Gasteiger partial charge in [0.2, 0.25) is 0 Å². The van der Waals surface area contributed by atoms with Crippen molar-refractivity contribution in [2.45, 2.75) is 84.5 Å². The fourth-order valence-corrected chi connectivity index (χ4v) is 5.49. The first-order valence-electron chi connectivity index (χ1n) is 12.7. The van der Waals surface area contributed by atoms with Crippen LogP contribution >= 0.6 is 0 Å². The second-order valence-corrected chi connectivity index (χ2v) is 9.80. The van der Waals surface area contributed by atoms with Gasteiger partial charge in [-0.2, -0.15) is 0 Å². The van der Waals surface area contributed by atoms with Crippen molar-refractivity contribution in [2.24, 2.45) is 0 Å². The van der Waals surface area contributed by atoms with E-state index in [0.717, 1.165) is 59.3 Å². The number of furan rings is 1. The molecule has 35 heavy (non-hydrogen) atoms. The summed E-state index contributed by atoms with van der Waals surface area (Å²) in [5, 5.41) is 13.9. The molecule has 0 saturated heterocycles. The highest BCUT2D eigenvalue weighted by Gasteiger charge is 2.33. The molecule has 0 radical (unpaired) electrons. The van der Waals surface area contributed by atoms with E-state index >= 15 is 0 Å². The maximum absolute atomic E-state index is 13.3. The number of H-pyrrole nitrogens is 1. The van der Waals surface area contributed by atoms with Crippen molar-refractivity contribution in [2.75, 3.05) is 0 Å². The topological polar surface area (TPSA) is 92.8 Å². The van der Waals surface area contributed by atoms with Crippen molar-refractivity contribution >= 4 is 10.9 Å². The monoisotopic (exact) mass is 474 g/mol. The Bertz CT molecular complexity index is 1330. The number of benzene rings is 1. The molecule has 1 aliphatic rings. The molecule has 8 heteroatoms. The molecule has 1 atom stereocenters. The van der Waals surface area contributed by atoms with Crippen LogP contribution in [0.4, 0.5) is 0 Å². The summed E-state index contributed by atoms with van der Waals surface area (Å²) in [6, 6.07) is 10.5. The molecule has 0 amide bonds. The van der Waals surface area contributed by atoms with Gasteiger partial charge in [0, 0.05) is 23.5 Å². The van der Waals surface area contributed by atoms with Gasteiger partial charge in [-0.05, 0) is 72.9 Å². The number of aryl methyl sites for hydroxylation is 2. The van der Waals surface area contributed by atoms with Crippen molar-refractivity contribution < 1.29 is 4.42 Å². The first kappa shape index (κ1) is 23.5. The summed E-state index contributed by atoms with van der Waals surface area (Å²) in [6.07, 6.45) is 8.26. The number of hydrogen-bond acceptors (Lipinski definition) is 6. The number of aromatic amines is 1. The van der Waals surface area contributed by atoms with Gasteiger partial charge in [-0.25, -0.2) is 4.68 Å². The lowest BCUT2D eigenvalue weighted by Gasteiger charge is -2.35. The Morgan fingerprint density at radius 1 is 1.20 bits per heavy atom. The molecule has 3 aromatic heterocycles. The van der Waals surface area contributed by atoms with Crippen molar-refractivity contribution in [3.05, 3.63) is 75.2 Å². The molecule has 5 rings (SSSR count). The second kappa shape index (κ2) is 10.2. The SMILES string of the molecule is CCCC(c1nnnn1Cc1ccco1)N(Cc1cc2c(C)ccc(C)c2[nH]c1=O)C1CCCC1. The van der Waals surface area contributed by atoms with Gasteiger partial charge in [-0.3, -0.25) is 9.69 Å². The van der Waals surface area contributed by atoms with Gasteiger partial charge >= 0.3 is 0 Å². The van der Waals surface area contributed by atoms with Gasteiger partial charge in [0.25, 0.3) is 5.56 Å². The lowest BCUT2D eigenvalue weighted by molar-refractivity contribution is 0.108. The molecule has 3 heterocycles. The summed E-state index contributed by atoms with van der Waals surface area (Å²) in [4.78, 5) is 18.9. The molecular weight excluding hydrogens is 440 g/mol. The maximum atomic E-state index is 13.3. The van der Waals surface area contributed by atoms with Gasteiger partial charge in [-0.1, -0.05) is 38.3 Å². The Hall–Kier alpha value is -3.26. The molecule has 1 saturated carbocycles. The van der Waals surface area contributed by atoms with Crippen molar-refractivity contribution in [1.82, 2.24) is 30.1 Å². The van der Waals surface area contributed by atoms with Crippen LogP contribution in [-0.4, -0.2) is 36.1 Å². The minimum absolute atomic E-state index is 0.0142. The van der Waals surface area contributed by atoms with E-state index in [4.69, 9.17) is 4.42 Å². The van der Waals surface area contributed by atoms with Crippen LogP contribution in [0.3, 0.4) is 0 Å². The largest absolute Gasteiger partial charge is 0.467 e. The number of hydrogen-bond donors (Lipinski definition) is 1. The lowest BCUT2D eigenvalue weighted by atomic mass is 10.0. The van der Waals surface area contributed by atoms with Crippen LogP contribution in [0.2, 0.25) is 0 Å². The van der Waals surface area contributed by atoms with E-state index < -0.39 is 0 Å². The Morgan fingerprint density at radius 2 is 2.00 bits per heavy atom. The fourth-order valence-electron chi connectivity index (χ4n) is 5.49. The van der Waals surface area contributed by atoms with Crippen LogP contribution in [-0.2, 0) is 13.1 Å². The standard InChI is InChI=1S/C27H34N6O2/c1-4-8-24(26-29-30-31-33(26)17-22-11-7-14-35-22)32(21-9-5-6-10-21)16-20-15-23-18(2)12-13-19(3)25(23)28-27(20)34/h7,11-15,21,24H,4-6,8-10,16-17H2,1-3H3,(H,28,34). The number of nitrogens with zero attached hydrogens (tertiary/aromatic N) is 5. The number of fused-ring (bicyclic) bond motifs is 1. The zero-order chi connectivity index (χ0) is 24.4. The second-order valence-electron chi connectivity index (χ2n) is 9.80. The fraction of sp³-hybridized carbons (Fsp3) is 0.481. The molecule has 0 aliphatic heterocycles. The molecule has 1 unspecified atom stereocenters. The summed E-state index contributed by atoms with van der Waals surface area (Å²) in [5.41, 5.74) is 3.97. The van der Waals surface area contributed by atoms with E-state index in [1.807, 2.05) is 23.7 Å². The Morgan fingerprint density at radius 3 is 2.74 bits per heavy atom. The van der Waals surface area contributed by atoms with Gasteiger partial charge in [0.1, 0.15) is 12.3 Å². The average Bonchev–Trinajstić information content (AvgIpc) is 3.63. The van der Waals surface area contributed by atoms with E-state index in [1.54, 1.807) is 6.26 Å². The molecule has 1 fully saturated rings. The third-order valence-corrected chi connectivity index (χ3v) is 7.37. The highest BCUT2D eigenvalue weighted by Crippen LogP contribution is 2.34. The summed E-state index contributed by atoms with van der Waals surface area (Å²) in [6.45, 7) is 7.39. The van der Waals surface area contributed by atoms with Crippen LogP contribution in [0.1, 0.15) is 79.8 Å². The number of aromatic nitrogens is 5. The highest BCUT2D eigenvalue weighted by molar-refractivity contribution is 5.85. The third kappa shape index (κ3) is 4.80. The number of rotatable bonds is 9. The van der Waals surface area contributed by atoms with E-state index in [1.165, 1.54) is 18.4 Å². The van der Waals surface area contributed by atoms with E-state index in [0.29, 0.717) is 19.1 Å². The predicted molar refractivity (Wildman–Crippen MR) is 135 cm³/mol. The average molecular weight is 475 g/mol. The molecule has 1 aliphatic carbocycles. The smallest absolute Gasteiger partial charge is 0.252 e. The molecule has 1 N–H and O–H groups in total. The Labute approximate surface area is 205 Å². The number of tetrazole rings is 1. The predicted octanol–water partition coefficient (Wildman–Crippen LogP) is 5.06. The Balaban J connectivity index is 1.54. The number of nitrogens with one attached hydrogen (secondary N) is 1. The third-order valence-electron chi connectivity index (χ3n) is 7.37. The zero-order valence-electron chi connectivity index (χ0n) is 20.8. The van der Waals surface area contributed by atoms with Crippen molar-refractivity contribution in [3.63, 3.8) is 0 Å². The summed E-state index contributed by atoms with van der Waals surface area (Å²) >= 11 is 0. The molecule has 0 spiro atoms. The summed E-state index contributed by atoms with van der Waals surface area (Å²) in [5.74, 6) is 1.65. The van der Waals surface area contributed by atoms with Crippen molar-refractivity contribution in [1.29, 1.82) is 0 Å². The maximum Gasteiger partial charge on any atom is 0.252 e. The van der Waals surface area contributed by atoms with Crippen LogP contribution in [0.15, 0.2) is 45.8 Å². The minimum atomic E-state index is -0.0142. The van der Waals surface area contributed by atoms with Gasteiger partial charge in [0.15, 0.2) is 5.82 Å². The Kier molecular flexibility index (Phi) is 6.81. The normalized spacial score (nSPS) is 15.4. The van der Waals surface area contributed by atoms with Crippen LogP contribution < -0.4 is 5.56 Å². The molecule has 0 bridgehead atoms. The van der Waals surface area contributed by atoms with Gasteiger partial charge < -0.3 is 9.40 Å². The quantitative estimate of drug-likeness (QED) is 0.365. The molecule has 4 aromatic rings. The van der Waals surface area contributed by atoms with E-state index in [-0.39, 0.29) is 11.6 Å². The summed E-state index contributed by atoms with van der Waals surface area (Å²) < 4.78 is 7.41. The van der Waals surface area contributed by atoms with E-state index in [2.05, 4.69) is 57.5 Å². The van der Waals surface area contributed by atoms with Gasteiger partial charge in [0.05, 0.1) is 17.8 Å². The van der Waals surface area contributed by atoms with Gasteiger partial charge in [-0.15, -0.1) is 5.10 Å². The lowest BCUT2D eigenvalue weighted by Crippen LogP contribution is -2.39.